The van der Waals surface area contributed by atoms with E-state index in [1.807, 2.05) is 0 Å². The van der Waals surface area contributed by atoms with Gasteiger partial charge >= 0.3 is 0 Å². The van der Waals surface area contributed by atoms with E-state index >= 15 is 0 Å². The quantitative estimate of drug-likeness (QED) is 0.168. The summed E-state index contributed by atoms with van der Waals surface area (Å²) < 4.78 is 0. The lowest BCUT2D eigenvalue weighted by molar-refractivity contribution is -0.112. The standard InChI is InChI=1S/C32H55ClO2/c1-8-9-10-11-12-13-14-15-16-17-18-19-20-21-25(24-29(33)34)26-22-27(31(2,3)4)30(35)28(23-26)32(5,6)7/h22-23,25,35H,8-21,24H2,1-7H3. The number of hydrogen-bond donors (Lipinski definition) is 1. The summed E-state index contributed by atoms with van der Waals surface area (Å²) >= 11 is 5.88. The Morgan fingerprint density at radius 3 is 1.46 bits per heavy atom. The number of phenols is 1. The summed E-state index contributed by atoms with van der Waals surface area (Å²) in [5.74, 6) is 0.501. The molecule has 0 aliphatic carbocycles. The maximum absolute atomic E-state index is 11.9. The number of hydrogen-bond acceptors (Lipinski definition) is 2. The minimum absolute atomic E-state index is 0.107. The molecule has 35 heavy (non-hydrogen) atoms. The minimum atomic E-state index is -0.271. The van der Waals surface area contributed by atoms with E-state index in [1.165, 1.54) is 77.0 Å². The van der Waals surface area contributed by atoms with Crippen LogP contribution in [0.4, 0.5) is 0 Å². The number of carbonyl (C=O) groups excluding carboxylic acids is 1. The van der Waals surface area contributed by atoms with Gasteiger partial charge < -0.3 is 5.11 Å². The Balaban J connectivity index is 2.62. The molecule has 0 saturated carbocycles. The van der Waals surface area contributed by atoms with Gasteiger partial charge in [0, 0.05) is 6.42 Å². The van der Waals surface area contributed by atoms with Crippen molar-refractivity contribution in [2.75, 3.05) is 0 Å². The fraction of sp³-hybridized carbons (Fsp3) is 0.781. The summed E-state index contributed by atoms with van der Waals surface area (Å²) in [6, 6.07) is 4.24. The number of aromatic hydroxyl groups is 1. The van der Waals surface area contributed by atoms with Crippen LogP contribution in [0.15, 0.2) is 12.1 Å². The zero-order valence-corrected chi connectivity index (χ0v) is 24.8. The monoisotopic (exact) mass is 506 g/mol. The van der Waals surface area contributed by atoms with Gasteiger partial charge in [-0.3, -0.25) is 4.79 Å². The van der Waals surface area contributed by atoms with Crippen molar-refractivity contribution in [1.29, 1.82) is 0 Å². The van der Waals surface area contributed by atoms with E-state index in [2.05, 4.69) is 60.6 Å². The molecule has 1 N–H and O–H groups in total. The van der Waals surface area contributed by atoms with Gasteiger partial charge in [-0.2, -0.15) is 0 Å². The molecule has 0 fully saturated rings. The van der Waals surface area contributed by atoms with Crippen molar-refractivity contribution in [3.63, 3.8) is 0 Å². The van der Waals surface area contributed by atoms with Gasteiger partial charge in [-0.15, -0.1) is 0 Å². The van der Waals surface area contributed by atoms with Crippen molar-refractivity contribution in [2.45, 2.75) is 162 Å². The summed E-state index contributed by atoms with van der Waals surface area (Å²) in [4.78, 5) is 11.9. The average Bonchev–Trinajstić information content (AvgIpc) is 2.74. The smallest absolute Gasteiger partial charge is 0.222 e. The Bertz CT molecular complexity index is 704. The predicted molar refractivity (Wildman–Crippen MR) is 154 cm³/mol. The van der Waals surface area contributed by atoms with Crippen LogP contribution < -0.4 is 0 Å². The zero-order chi connectivity index (χ0) is 26.5. The number of carbonyl (C=O) groups is 1. The second-order valence-electron chi connectivity index (χ2n) is 12.8. The van der Waals surface area contributed by atoms with Gasteiger partial charge in [-0.1, -0.05) is 144 Å². The Kier molecular flexibility index (Phi) is 14.6. The lowest BCUT2D eigenvalue weighted by atomic mass is 9.76. The molecular formula is C32H55ClO2. The van der Waals surface area contributed by atoms with Crippen LogP contribution in [0.2, 0.25) is 0 Å². The summed E-state index contributed by atoms with van der Waals surface area (Å²) in [6.45, 7) is 15.1. The second-order valence-corrected chi connectivity index (χ2v) is 13.2. The van der Waals surface area contributed by atoms with Gasteiger partial charge in [0.15, 0.2) is 0 Å². The van der Waals surface area contributed by atoms with Crippen LogP contribution in [0, 0.1) is 0 Å². The van der Waals surface area contributed by atoms with E-state index in [-0.39, 0.29) is 22.0 Å². The van der Waals surface area contributed by atoms with Gasteiger partial charge in [0.1, 0.15) is 5.75 Å². The van der Waals surface area contributed by atoms with Gasteiger partial charge in [-0.05, 0) is 51.5 Å². The Morgan fingerprint density at radius 2 is 1.11 bits per heavy atom. The number of unbranched alkanes of at least 4 members (excludes halogenated alkanes) is 12. The van der Waals surface area contributed by atoms with E-state index in [9.17, 15) is 9.90 Å². The van der Waals surface area contributed by atoms with Gasteiger partial charge in [-0.25, -0.2) is 0 Å². The minimum Gasteiger partial charge on any atom is -0.507 e. The molecule has 0 aliphatic heterocycles. The lowest BCUT2D eigenvalue weighted by Crippen LogP contribution is -2.19. The number of benzene rings is 1. The van der Waals surface area contributed by atoms with Gasteiger partial charge in [0.05, 0.1) is 0 Å². The Hall–Kier alpha value is -1.02. The summed E-state index contributed by atoms with van der Waals surface area (Å²) in [6.07, 6.45) is 18.7. The van der Waals surface area contributed by atoms with Crippen molar-refractivity contribution in [3.8, 4) is 5.75 Å². The van der Waals surface area contributed by atoms with Crippen molar-refractivity contribution in [2.24, 2.45) is 0 Å². The Morgan fingerprint density at radius 1 is 0.743 bits per heavy atom. The van der Waals surface area contributed by atoms with Crippen LogP contribution in [-0.4, -0.2) is 10.3 Å². The highest BCUT2D eigenvalue weighted by Crippen LogP contribution is 2.42. The third kappa shape index (κ3) is 12.7. The maximum atomic E-state index is 11.9. The fourth-order valence-electron chi connectivity index (χ4n) is 5.02. The molecule has 2 nitrogen and oxygen atoms in total. The molecule has 1 aromatic carbocycles. The molecule has 202 valence electrons. The highest BCUT2D eigenvalue weighted by atomic mass is 35.5. The lowest BCUT2D eigenvalue weighted by Gasteiger charge is -2.30. The molecule has 0 amide bonds. The van der Waals surface area contributed by atoms with Crippen LogP contribution in [-0.2, 0) is 15.6 Å². The van der Waals surface area contributed by atoms with Crippen LogP contribution in [0.5, 0.6) is 5.75 Å². The number of halogens is 1. The first kappa shape index (κ1) is 32.0. The first-order valence-electron chi connectivity index (χ1n) is 14.4. The third-order valence-electron chi connectivity index (χ3n) is 7.28. The molecule has 0 spiro atoms. The van der Waals surface area contributed by atoms with E-state index in [1.54, 1.807) is 0 Å². The molecule has 1 rings (SSSR count). The molecule has 0 radical (unpaired) electrons. The number of rotatable bonds is 17. The summed E-state index contributed by atoms with van der Waals surface area (Å²) in [5, 5.41) is 10.8. The van der Waals surface area contributed by atoms with Crippen LogP contribution in [0.3, 0.4) is 0 Å². The first-order valence-corrected chi connectivity index (χ1v) is 14.8. The molecule has 1 aromatic rings. The largest absolute Gasteiger partial charge is 0.507 e. The van der Waals surface area contributed by atoms with E-state index < -0.39 is 0 Å². The van der Waals surface area contributed by atoms with Gasteiger partial charge in [0.25, 0.3) is 0 Å². The SMILES string of the molecule is CCCCCCCCCCCCCCCC(CC(=O)Cl)c1cc(C(C)(C)C)c(O)c(C(C)(C)C)c1. The molecule has 0 bridgehead atoms. The molecule has 0 aromatic heterocycles. The molecule has 3 heteroatoms. The predicted octanol–water partition coefficient (Wildman–Crippen LogP) is 10.7. The van der Waals surface area contributed by atoms with Crippen LogP contribution in [0.25, 0.3) is 0 Å². The average molecular weight is 507 g/mol. The van der Waals surface area contributed by atoms with Gasteiger partial charge in [0.2, 0.25) is 5.24 Å². The zero-order valence-electron chi connectivity index (χ0n) is 24.1. The van der Waals surface area contributed by atoms with E-state index in [0.717, 1.165) is 29.5 Å². The topological polar surface area (TPSA) is 37.3 Å². The third-order valence-corrected chi connectivity index (χ3v) is 7.44. The highest BCUT2D eigenvalue weighted by Gasteiger charge is 2.28. The highest BCUT2D eigenvalue weighted by molar-refractivity contribution is 6.63. The maximum Gasteiger partial charge on any atom is 0.222 e. The van der Waals surface area contributed by atoms with Crippen molar-refractivity contribution in [1.82, 2.24) is 0 Å². The summed E-state index contributed by atoms with van der Waals surface area (Å²) in [5.41, 5.74) is 2.70. The first-order chi connectivity index (χ1) is 16.4. The number of phenolic OH excluding ortho intramolecular Hbond substituents is 1. The fourth-order valence-corrected chi connectivity index (χ4v) is 5.21. The second kappa shape index (κ2) is 16.0. The van der Waals surface area contributed by atoms with Crippen molar-refractivity contribution >= 4 is 16.8 Å². The molecule has 1 atom stereocenters. The Labute approximate surface area is 222 Å². The van der Waals surface area contributed by atoms with Crippen molar-refractivity contribution < 1.29 is 9.90 Å². The van der Waals surface area contributed by atoms with Crippen LogP contribution >= 0.6 is 11.6 Å². The molecule has 0 heterocycles. The molecule has 0 saturated heterocycles. The molecule has 1 unspecified atom stereocenters. The molecular weight excluding hydrogens is 452 g/mol. The van der Waals surface area contributed by atoms with E-state index in [4.69, 9.17) is 11.6 Å². The van der Waals surface area contributed by atoms with Crippen LogP contribution in [0.1, 0.15) is 167 Å². The van der Waals surface area contributed by atoms with Crippen molar-refractivity contribution in [3.05, 3.63) is 28.8 Å². The normalized spacial score (nSPS) is 13.3. The summed E-state index contributed by atoms with van der Waals surface area (Å²) in [7, 11) is 0. The molecule has 0 aliphatic rings. The van der Waals surface area contributed by atoms with E-state index in [0.29, 0.717) is 12.2 Å².